The van der Waals surface area contributed by atoms with Crippen LogP contribution in [0, 0.1) is 19.8 Å². The number of rotatable bonds is 5. The first-order chi connectivity index (χ1) is 16.9. The van der Waals surface area contributed by atoms with Gasteiger partial charge in [-0.1, -0.05) is 49.0 Å². The number of aromatic nitrogens is 4. The van der Waals surface area contributed by atoms with Gasteiger partial charge in [0.1, 0.15) is 0 Å². The molecule has 8 heteroatoms. The van der Waals surface area contributed by atoms with E-state index in [9.17, 15) is 9.59 Å². The topological polar surface area (TPSA) is 72.5 Å². The van der Waals surface area contributed by atoms with Gasteiger partial charge in [0.15, 0.2) is 5.16 Å². The summed E-state index contributed by atoms with van der Waals surface area (Å²) >= 11 is 1.37. The molecule has 0 N–H and O–H groups in total. The summed E-state index contributed by atoms with van der Waals surface area (Å²) in [6.45, 7) is 6.27. The minimum atomic E-state index is -0.128. The number of aryl methyl sites for hydroxylation is 2. The van der Waals surface area contributed by atoms with Crippen molar-refractivity contribution < 1.29 is 4.79 Å². The van der Waals surface area contributed by atoms with Crippen LogP contribution >= 0.6 is 11.8 Å². The van der Waals surface area contributed by atoms with Crippen molar-refractivity contribution in [3.63, 3.8) is 0 Å². The van der Waals surface area contributed by atoms with E-state index >= 15 is 0 Å². The molecule has 2 aromatic carbocycles. The van der Waals surface area contributed by atoms with Crippen molar-refractivity contribution in [1.82, 2.24) is 24.1 Å². The lowest BCUT2D eigenvalue weighted by atomic mass is 9.87. The van der Waals surface area contributed by atoms with E-state index in [-0.39, 0.29) is 17.2 Å². The quantitative estimate of drug-likeness (QED) is 0.377. The zero-order valence-corrected chi connectivity index (χ0v) is 21.5. The summed E-state index contributed by atoms with van der Waals surface area (Å²) in [5.41, 5.74) is 3.40. The van der Waals surface area contributed by atoms with Crippen LogP contribution in [0.3, 0.4) is 0 Å². The van der Waals surface area contributed by atoms with Gasteiger partial charge >= 0.3 is 0 Å². The first-order valence-corrected chi connectivity index (χ1v) is 13.2. The Hall–Kier alpha value is -3.13. The predicted molar refractivity (Wildman–Crippen MR) is 140 cm³/mol. The van der Waals surface area contributed by atoms with Crippen LogP contribution in [0.5, 0.6) is 0 Å². The molecule has 0 radical (unpaired) electrons. The fourth-order valence-electron chi connectivity index (χ4n) is 5.19. The molecule has 7 nitrogen and oxygen atoms in total. The minimum Gasteiger partial charge on any atom is -0.342 e. The normalized spacial score (nSPS) is 18.3. The maximum Gasteiger partial charge on any atom is 0.267 e. The number of para-hydroxylation sites is 2. The second-order valence-electron chi connectivity index (χ2n) is 9.72. The molecule has 1 aliphatic carbocycles. The molecule has 1 fully saturated rings. The molecule has 2 heterocycles. The van der Waals surface area contributed by atoms with Crippen molar-refractivity contribution in [1.29, 1.82) is 0 Å². The summed E-state index contributed by atoms with van der Waals surface area (Å²) in [6.07, 6.45) is 4.47. The average molecular weight is 490 g/mol. The number of hydrogen-bond donors (Lipinski definition) is 0. The van der Waals surface area contributed by atoms with Crippen LogP contribution in [0.1, 0.15) is 43.7 Å². The highest BCUT2D eigenvalue weighted by Gasteiger charge is 2.26. The Bertz CT molecular complexity index is 1450. The Balaban J connectivity index is 1.54. The third-order valence-electron chi connectivity index (χ3n) is 7.31. The Morgan fingerprint density at radius 2 is 1.71 bits per heavy atom. The van der Waals surface area contributed by atoms with Crippen LogP contribution in [0.2, 0.25) is 0 Å². The predicted octanol–water partition coefficient (Wildman–Crippen LogP) is 4.78. The zero-order valence-electron chi connectivity index (χ0n) is 20.7. The molecular formula is C27H31N5O2S. The molecule has 182 valence electrons. The molecule has 0 aliphatic heterocycles. The van der Waals surface area contributed by atoms with E-state index in [1.165, 1.54) is 24.6 Å². The van der Waals surface area contributed by atoms with E-state index in [4.69, 9.17) is 0 Å². The van der Waals surface area contributed by atoms with Crippen molar-refractivity contribution in [2.24, 2.45) is 5.92 Å². The van der Waals surface area contributed by atoms with E-state index in [2.05, 4.69) is 17.1 Å². The molecule has 0 spiro atoms. The second-order valence-corrected chi connectivity index (χ2v) is 10.7. The summed E-state index contributed by atoms with van der Waals surface area (Å²) < 4.78 is 3.56. The van der Waals surface area contributed by atoms with E-state index < -0.39 is 0 Å². The molecule has 4 aromatic rings. The lowest BCUT2D eigenvalue weighted by Gasteiger charge is -2.33. The van der Waals surface area contributed by atoms with Gasteiger partial charge in [-0.2, -0.15) is 0 Å². The number of nitrogens with zero attached hydrogens (tertiary/aromatic N) is 5. The first-order valence-electron chi connectivity index (χ1n) is 12.2. The van der Waals surface area contributed by atoms with E-state index in [0.717, 1.165) is 41.1 Å². The fourth-order valence-corrected chi connectivity index (χ4v) is 6.06. The van der Waals surface area contributed by atoms with Gasteiger partial charge in [0, 0.05) is 13.1 Å². The van der Waals surface area contributed by atoms with Gasteiger partial charge in [-0.15, -0.1) is 10.2 Å². The van der Waals surface area contributed by atoms with Crippen LogP contribution in [0.4, 0.5) is 0 Å². The molecule has 35 heavy (non-hydrogen) atoms. The number of benzene rings is 2. The molecular weight excluding hydrogens is 458 g/mol. The number of carbonyl (C=O) groups excluding carboxylic acids is 1. The second kappa shape index (κ2) is 9.49. The Kier molecular flexibility index (Phi) is 6.40. The van der Waals surface area contributed by atoms with Crippen LogP contribution in [0.25, 0.3) is 22.4 Å². The van der Waals surface area contributed by atoms with E-state index in [0.29, 0.717) is 22.4 Å². The Morgan fingerprint density at radius 3 is 2.43 bits per heavy atom. The maximum atomic E-state index is 13.6. The summed E-state index contributed by atoms with van der Waals surface area (Å²) in [5, 5.41) is 10.1. The van der Waals surface area contributed by atoms with E-state index in [1.807, 2.05) is 72.7 Å². The summed E-state index contributed by atoms with van der Waals surface area (Å²) in [6, 6.07) is 13.8. The maximum absolute atomic E-state index is 13.6. The van der Waals surface area contributed by atoms with Crippen LogP contribution < -0.4 is 5.56 Å². The van der Waals surface area contributed by atoms with Gasteiger partial charge in [-0.3, -0.25) is 14.0 Å². The molecule has 0 bridgehead atoms. The number of amides is 1. The Morgan fingerprint density at radius 1 is 1.03 bits per heavy atom. The van der Waals surface area contributed by atoms with Gasteiger partial charge in [0.25, 0.3) is 5.56 Å². The molecule has 0 atom stereocenters. The number of hydrogen-bond acceptors (Lipinski definition) is 5. The van der Waals surface area contributed by atoms with Crippen LogP contribution in [0.15, 0.2) is 52.4 Å². The number of fused-ring (bicyclic) bond motifs is 3. The zero-order chi connectivity index (χ0) is 24.7. The number of thioether (sulfide) groups is 1. The van der Waals surface area contributed by atoms with Crippen molar-refractivity contribution in [3.05, 3.63) is 63.9 Å². The standard InChI is InChI=1S/C27H31N5O2S/c1-17-12-14-20(15-13-17)30(4)23(33)16-35-27-29-28-26-31(27)22-11-6-5-10-21(22)25(34)32(26)24-18(2)8-7-9-19(24)3/h5-11,17,20H,12-16H2,1-4H3. The largest absolute Gasteiger partial charge is 0.342 e. The van der Waals surface area contributed by atoms with Crippen LogP contribution in [-0.2, 0) is 4.79 Å². The lowest BCUT2D eigenvalue weighted by molar-refractivity contribution is -0.129. The lowest BCUT2D eigenvalue weighted by Crippen LogP contribution is -2.40. The average Bonchev–Trinajstić information content (AvgIpc) is 3.28. The van der Waals surface area contributed by atoms with Gasteiger partial charge in [0.05, 0.1) is 22.3 Å². The van der Waals surface area contributed by atoms with Crippen molar-refractivity contribution in [2.75, 3.05) is 12.8 Å². The molecule has 0 unspecified atom stereocenters. The third-order valence-corrected chi connectivity index (χ3v) is 8.22. The molecule has 0 saturated heterocycles. The SMILES string of the molecule is Cc1cccc(C)c1-n1c(=O)c2ccccc2n2c(SCC(=O)N(C)C3CCC(C)CC3)nnc12. The molecule has 1 aliphatic rings. The van der Waals surface area contributed by atoms with Gasteiger partial charge in [-0.05, 0) is 68.7 Å². The van der Waals surface area contributed by atoms with Gasteiger partial charge in [-0.25, -0.2) is 4.57 Å². The molecule has 2 aromatic heterocycles. The molecule has 1 amide bonds. The van der Waals surface area contributed by atoms with Gasteiger partial charge in [0.2, 0.25) is 11.7 Å². The monoisotopic (exact) mass is 489 g/mol. The van der Waals surface area contributed by atoms with Crippen molar-refractivity contribution >= 4 is 34.3 Å². The highest BCUT2D eigenvalue weighted by atomic mass is 32.2. The summed E-state index contributed by atoms with van der Waals surface area (Å²) in [4.78, 5) is 28.6. The van der Waals surface area contributed by atoms with Gasteiger partial charge < -0.3 is 4.90 Å². The smallest absolute Gasteiger partial charge is 0.267 e. The van der Waals surface area contributed by atoms with Crippen molar-refractivity contribution in [3.8, 4) is 5.69 Å². The first kappa shape index (κ1) is 23.6. The summed E-state index contributed by atoms with van der Waals surface area (Å²) in [5.74, 6) is 1.57. The highest BCUT2D eigenvalue weighted by Crippen LogP contribution is 2.28. The van der Waals surface area contributed by atoms with E-state index in [1.54, 1.807) is 4.57 Å². The van der Waals surface area contributed by atoms with Crippen LogP contribution in [-0.4, -0.2) is 48.8 Å². The minimum absolute atomic E-state index is 0.0960. The number of carbonyl (C=O) groups is 1. The fraction of sp³-hybridized carbons (Fsp3) is 0.407. The molecule has 1 saturated carbocycles. The summed E-state index contributed by atoms with van der Waals surface area (Å²) in [7, 11) is 1.92. The third kappa shape index (κ3) is 4.24. The van der Waals surface area contributed by atoms with Crippen molar-refractivity contribution in [2.45, 2.75) is 57.7 Å². The molecule has 5 rings (SSSR count). The Labute approximate surface area is 209 Å². The highest BCUT2D eigenvalue weighted by molar-refractivity contribution is 7.99.